The molecular weight excluding hydrogens is 420 g/mol. The van der Waals surface area contributed by atoms with E-state index in [-0.39, 0.29) is 0 Å². The van der Waals surface area contributed by atoms with Crippen LogP contribution in [0.4, 0.5) is 5.82 Å². The van der Waals surface area contributed by atoms with E-state index in [2.05, 4.69) is 69.5 Å². The molecule has 8 nitrogen and oxygen atoms in total. The highest BCUT2D eigenvalue weighted by atomic mass is 16.4. The average Bonchev–Trinajstić information content (AvgIpc) is 3.29. The molecular formula is C25H28N4O4. The normalized spacial score (nSPS) is 15.1. The Morgan fingerprint density at radius 1 is 0.879 bits per heavy atom. The zero-order valence-corrected chi connectivity index (χ0v) is 18.4. The summed E-state index contributed by atoms with van der Waals surface area (Å²) in [5.41, 5.74) is 6.84. The predicted octanol–water partition coefficient (Wildman–Crippen LogP) is 2.70. The van der Waals surface area contributed by atoms with Gasteiger partial charge in [0.15, 0.2) is 5.82 Å². The molecule has 0 unspecified atom stereocenters. The third-order valence-corrected chi connectivity index (χ3v) is 6.19. The van der Waals surface area contributed by atoms with Gasteiger partial charge in [0.1, 0.15) is 0 Å². The Bertz CT molecular complexity index is 1090. The first kappa shape index (κ1) is 22.5. The van der Waals surface area contributed by atoms with Gasteiger partial charge in [-0.1, -0.05) is 54.6 Å². The van der Waals surface area contributed by atoms with Gasteiger partial charge in [-0.15, -0.1) is 0 Å². The first-order chi connectivity index (χ1) is 16.0. The summed E-state index contributed by atoms with van der Waals surface area (Å²) in [5.74, 6) is -2.47. The third-order valence-electron chi connectivity index (χ3n) is 6.19. The Hall–Kier alpha value is -3.65. The van der Waals surface area contributed by atoms with Crippen molar-refractivity contribution in [3.63, 3.8) is 0 Å². The Balaban J connectivity index is 0.000000385. The van der Waals surface area contributed by atoms with Crippen LogP contribution in [0.1, 0.15) is 16.7 Å². The lowest BCUT2D eigenvalue weighted by atomic mass is 9.90. The molecule has 0 bridgehead atoms. The van der Waals surface area contributed by atoms with Gasteiger partial charge >= 0.3 is 11.9 Å². The first-order valence-electron chi connectivity index (χ1n) is 11.2. The molecule has 1 aromatic heterocycles. The number of aryl methyl sites for hydroxylation is 1. The lowest BCUT2D eigenvalue weighted by Crippen LogP contribution is -2.47. The lowest BCUT2D eigenvalue weighted by Gasteiger charge is -2.35. The summed E-state index contributed by atoms with van der Waals surface area (Å²) in [6.07, 6.45) is 3.34. The number of anilines is 1. The number of hydrogen-bond acceptors (Lipinski definition) is 5. The molecule has 1 fully saturated rings. The van der Waals surface area contributed by atoms with Crippen LogP contribution in [0.15, 0.2) is 54.6 Å². The van der Waals surface area contributed by atoms with Crippen molar-refractivity contribution in [3.05, 3.63) is 71.3 Å². The summed E-state index contributed by atoms with van der Waals surface area (Å²) in [7, 11) is 0. The molecule has 0 spiro atoms. The fourth-order valence-electron chi connectivity index (χ4n) is 4.43. The monoisotopic (exact) mass is 448 g/mol. The highest BCUT2D eigenvalue weighted by molar-refractivity contribution is 6.27. The van der Waals surface area contributed by atoms with E-state index in [0.29, 0.717) is 0 Å². The van der Waals surface area contributed by atoms with Gasteiger partial charge in [-0.2, -0.15) is 5.10 Å². The van der Waals surface area contributed by atoms with Gasteiger partial charge in [0.2, 0.25) is 0 Å². The number of hydrogen-bond donors (Lipinski definition) is 3. The van der Waals surface area contributed by atoms with Crippen LogP contribution in [-0.4, -0.2) is 70.0 Å². The molecule has 2 heterocycles. The van der Waals surface area contributed by atoms with Crippen molar-refractivity contribution >= 4 is 17.8 Å². The predicted molar refractivity (Wildman–Crippen MR) is 126 cm³/mol. The largest absolute Gasteiger partial charge is 0.473 e. The highest BCUT2D eigenvalue weighted by Gasteiger charge is 2.26. The van der Waals surface area contributed by atoms with Crippen molar-refractivity contribution in [2.75, 3.05) is 37.6 Å². The van der Waals surface area contributed by atoms with Crippen LogP contribution in [0.5, 0.6) is 0 Å². The number of aliphatic carboxylic acids is 2. The maximum Gasteiger partial charge on any atom is 0.414 e. The maximum atomic E-state index is 9.10. The van der Waals surface area contributed by atoms with Crippen LogP contribution in [0.25, 0.3) is 11.3 Å². The van der Waals surface area contributed by atoms with Crippen molar-refractivity contribution in [1.29, 1.82) is 0 Å². The molecule has 2 aliphatic rings. The Labute approximate surface area is 192 Å². The van der Waals surface area contributed by atoms with Crippen LogP contribution >= 0.6 is 0 Å². The van der Waals surface area contributed by atoms with Crippen molar-refractivity contribution in [2.24, 2.45) is 0 Å². The van der Waals surface area contributed by atoms with Crippen LogP contribution < -0.4 is 4.90 Å². The zero-order valence-electron chi connectivity index (χ0n) is 18.4. The highest BCUT2D eigenvalue weighted by Crippen LogP contribution is 2.36. The number of nitrogens with one attached hydrogen (secondary N) is 1. The average molecular weight is 449 g/mol. The van der Waals surface area contributed by atoms with Crippen LogP contribution in [0.3, 0.4) is 0 Å². The number of piperazine rings is 1. The second kappa shape index (κ2) is 10.3. The minimum Gasteiger partial charge on any atom is -0.473 e. The smallest absolute Gasteiger partial charge is 0.414 e. The fourth-order valence-corrected chi connectivity index (χ4v) is 4.43. The molecule has 0 amide bonds. The van der Waals surface area contributed by atoms with Crippen LogP contribution in [0, 0.1) is 0 Å². The second-order valence-electron chi connectivity index (χ2n) is 8.23. The van der Waals surface area contributed by atoms with Gasteiger partial charge in [-0.25, -0.2) is 9.59 Å². The summed E-state index contributed by atoms with van der Waals surface area (Å²) >= 11 is 0. The molecule has 0 radical (unpaired) electrons. The van der Waals surface area contributed by atoms with Crippen LogP contribution in [0.2, 0.25) is 0 Å². The number of carboxylic acid groups (broad SMARTS) is 2. The number of H-pyrrole nitrogens is 1. The molecule has 172 valence electrons. The van der Waals surface area contributed by atoms with Crippen molar-refractivity contribution in [3.8, 4) is 11.3 Å². The number of aromatic amines is 1. The topological polar surface area (TPSA) is 110 Å². The molecule has 3 aromatic rings. The first-order valence-corrected chi connectivity index (χ1v) is 11.2. The van der Waals surface area contributed by atoms with Gasteiger partial charge in [0, 0.05) is 43.9 Å². The summed E-state index contributed by atoms with van der Waals surface area (Å²) in [5, 5.41) is 22.8. The van der Waals surface area contributed by atoms with E-state index >= 15 is 0 Å². The van der Waals surface area contributed by atoms with Crippen molar-refractivity contribution < 1.29 is 19.8 Å². The number of nitrogens with zero attached hydrogens (tertiary/aromatic N) is 3. The minimum absolute atomic E-state index is 1.06. The maximum absolute atomic E-state index is 9.10. The quantitative estimate of drug-likeness (QED) is 0.527. The van der Waals surface area contributed by atoms with Gasteiger partial charge in [-0.05, 0) is 30.4 Å². The van der Waals surface area contributed by atoms with E-state index in [4.69, 9.17) is 24.9 Å². The fraction of sp³-hybridized carbons (Fsp3) is 0.320. The molecule has 1 aliphatic carbocycles. The van der Waals surface area contributed by atoms with E-state index in [9.17, 15) is 0 Å². The molecule has 0 saturated carbocycles. The molecule has 3 N–H and O–H groups in total. The SMILES string of the molecule is O=C(O)C(=O)O.c1ccc(CCN2CCN(c3n[nH]c4c3CCc3ccccc3-4)CC2)cc1. The van der Waals surface area contributed by atoms with Gasteiger partial charge in [0.05, 0.1) is 5.69 Å². The van der Waals surface area contributed by atoms with E-state index in [0.717, 1.165) is 52.0 Å². The van der Waals surface area contributed by atoms with Gasteiger partial charge in [-0.3, -0.25) is 10.00 Å². The zero-order chi connectivity index (χ0) is 23.2. The Morgan fingerprint density at radius 3 is 2.24 bits per heavy atom. The summed E-state index contributed by atoms with van der Waals surface area (Å²) < 4.78 is 0. The third kappa shape index (κ3) is 5.40. The molecule has 1 aliphatic heterocycles. The van der Waals surface area contributed by atoms with Gasteiger partial charge in [0.25, 0.3) is 0 Å². The summed E-state index contributed by atoms with van der Waals surface area (Å²) in [6, 6.07) is 19.5. The van der Waals surface area contributed by atoms with E-state index in [1.807, 2.05) is 0 Å². The number of benzene rings is 2. The second-order valence-corrected chi connectivity index (χ2v) is 8.23. The number of carboxylic acids is 2. The minimum atomic E-state index is -1.82. The molecule has 0 atom stereocenters. The van der Waals surface area contributed by atoms with E-state index in [1.54, 1.807) is 0 Å². The van der Waals surface area contributed by atoms with Crippen molar-refractivity contribution in [1.82, 2.24) is 15.1 Å². The Morgan fingerprint density at radius 2 is 1.55 bits per heavy atom. The standard InChI is InChI=1S/C23H26N4.C2H2O4/c1-2-6-18(7-3-1)12-13-26-14-16-27(17-15-26)23-21-11-10-19-8-4-5-9-20(19)22(21)24-25-23;3-1(4)2(5)6/h1-9H,10-17H2,(H,24,25);(H,3,4)(H,5,6). The van der Waals surface area contributed by atoms with Crippen molar-refractivity contribution in [2.45, 2.75) is 19.3 Å². The number of aromatic nitrogens is 2. The van der Waals surface area contributed by atoms with Gasteiger partial charge < -0.3 is 15.1 Å². The molecule has 8 heteroatoms. The van der Waals surface area contributed by atoms with Crippen LogP contribution in [-0.2, 0) is 28.9 Å². The Kier molecular flexibility index (Phi) is 7.04. The molecule has 2 aromatic carbocycles. The number of rotatable bonds is 4. The number of carbonyl (C=O) groups is 2. The molecule has 33 heavy (non-hydrogen) atoms. The summed E-state index contributed by atoms with van der Waals surface area (Å²) in [6.45, 7) is 5.50. The molecule has 1 saturated heterocycles. The van der Waals surface area contributed by atoms with E-state index in [1.165, 1.54) is 33.8 Å². The van der Waals surface area contributed by atoms with E-state index < -0.39 is 11.9 Å². The molecule has 5 rings (SSSR count). The lowest BCUT2D eigenvalue weighted by molar-refractivity contribution is -0.159. The summed E-state index contributed by atoms with van der Waals surface area (Å²) in [4.78, 5) is 23.3. The number of fused-ring (bicyclic) bond motifs is 3.